The lowest BCUT2D eigenvalue weighted by Gasteiger charge is -2.15. The first-order chi connectivity index (χ1) is 36.2. The Hall–Kier alpha value is -9.58. The molecule has 0 saturated heterocycles. The van der Waals surface area contributed by atoms with Gasteiger partial charge < -0.3 is 13.4 Å². The van der Waals surface area contributed by atoms with E-state index in [0.717, 1.165) is 111 Å². The monoisotopic (exact) mass is 935 g/mol. The van der Waals surface area contributed by atoms with Gasteiger partial charge in [0.15, 0.2) is 5.82 Å². The van der Waals surface area contributed by atoms with Gasteiger partial charge >= 0.3 is 0 Å². The van der Waals surface area contributed by atoms with Gasteiger partial charge in [-0.05, 0) is 75.8 Å². The van der Waals surface area contributed by atoms with Crippen molar-refractivity contribution in [3.8, 4) is 61.8 Å². The zero-order valence-electron chi connectivity index (χ0n) is 40.2. The average Bonchev–Trinajstić information content (AvgIpc) is 4.16. The maximum absolute atomic E-state index is 6.58. The predicted octanol–water partition coefficient (Wildman–Crippen LogP) is 19.0. The van der Waals surface area contributed by atoms with Crippen molar-refractivity contribution < 1.29 is 8.83 Å². The van der Waals surface area contributed by atoms with E-state index in [9.17, 15) is 0 Å². The average molecular weight is 936 g/mol. The molecule has 4 heterocycles. The Morgan fingerprint density at radius 2 is 0.836 bits per heavy atom. The molecule has 0 radical (unpaired) electrons. The van der Waals surface area contributed by atoms with E-state index in [1.54, 1.807) is 0 Å². The van der Waals surface area contributed by atoms with Crippen LogP contribution in [-0.2, 0) is 0 Å². The molecule has 5 heteroatoms. The van der Waals surface area contributed by atoms with E-state index in [1.807, 2.05) is 56.3 Å². The molecular weight excluding hydrogens is 891 g/mol. The van der Waals surface area contributed by atoms with Crippen molar-refractivity contribution in [2.75, 3.05) is 0 Å². The molecule has 5 nitrogen and oxygen atoms in total. The summed E-state index contributed by atoms with van der Waals surface area (Å²) < 4.78 is 15.5. The Balaban J connectivity index is 0.00000244. The molecule has 0 atom stereocenters. The van der Waals surface area contributed by atoms with E-state index in [2.05, 4.69) is 199 Å². The van der Waals surface area contributed by atoms with Gasteiger partial charge in [-0.25, -0.2) is 9.97 Å². The largest absolute Gasteiger partial charge is 0.456 e. The molecule has 11 aromatic carbocycles. The van der Waals surface area contributed by atoms with Gasteiger partial charge in [-0.3, -0.25) is 0 Å². The molecule has 4 aromatic heterocycles. The highest BCUT2D eigenvalue weighted by Crippen LogP contribution is 2.46. The van der Waals surface area contributed by atoms with E-state index in [4.69, 9.17) is 18.8 Å². The Morgan fingerprint density at radius 1 is 0.315 bits per heavy atom. The molecular formula is C68H45N3O2. The predicted molar refractivity (Wildman–Crippen MR) is 304 cm³/mol. The van der Waals surface area contributed by atoms with Crippen molar-refractivity contribution in [3.05, 3.63) is 237 Å². The second kappa shape index (κ2) is 17.1. The summed E-state index contributed by atoms with van der Waals surface area (Å²) in [5, 5.41) is 11.7. The number of aromatic nitrogens is 3. The number of hydrogen-bond donors (Lipinski definition) is 0. The molecule has 0 bridgehead atoms. The van der Waals surface area contributed by atoms with Gasteiger partial charge in [0.1, 0.15) is 22.3 Å². The minimum atomic E-state index is 0.656. The zero-order valence-corrected chi connectivity index (χ0v) is 40.2. The van der Waals surface area contributed by atoms with Crippen LogP contribution in [0.4, 0.5) is 0 Å². The third kappa shape index (κ3) is 6.77. The smallest absolute Gasteiger partial charge is 0.160 e. The molecule has 0 aliphatic carbocycles. The van der Waals surface area contributed by atoms with E-state index in [-0.39, 0.29) is 0 Å². The molecule has 0 unspecified atom stereocenters. The summed E-state index contributed by atoms with van der Waals surface area (Å²) in [6.45, 7) is 4.00. The van der Waals surface area contributed by atoms with Crippen LogP contribution < -0.4 is 0 Å². The van der Waals surface area contributed by atoms with Crippen LogP contribution >= 0.6 is 0 Å². The quantitative estimate of drug-likeness (QED) is 0.156. The van der Waals surface area contributed by atoms with Crippen molar-refractivity contribution in [1.29, 1.82) is 0 Å². The standard InChI is InChI=1S/C66H39N3O2.C2H6/c1-2-16-40(17-3-1)66-67-57(39-58(68-66)44-34-35-52-50-24-8-10-32-59(50)70-61(52)38-44)43-20-13-21-45(37-43)69-63-46(28-14-31-56(63)62-53-26-6-4-22-48(53)49-23-5-7-27-54(49)64(62)69)41-18-12-19-42(36-41)47-29-15-30-55-51-25-9-11-33-60(51)71-65(47)55;1-2/h1-39H;1-2H3. The van der Waals surface area contributed by atoms with Crippen LogP contribution in [0.15, 0.2) is 245 Å². The Morgan fingerprint density at radius 3 is 1.60 bits per heavy atom. The lowest BCUT2D eigenvalue weighted by molar-refractivity contribution is 0.669. The lowest BCUT2D eigenvalue weighted by Crippen LogP contribution is -1.99. The summed E-state index contributed by atoms with van der Waals surface area (Å²) in [6.07, 6.45) is 0. The minimum Gasteiger partial charge on any atom is -0.456 e. The molecule has 15 rings (SSSR count). The number of rotatable bonds is 6. The summed E-state index contributed by atoms with van der Waals surface area (Å²) in [7, 11) is 0. The summed E-state index contributed by atoms with van der Waals surface area (Å²) in [5.41, 5.74) is 15.7. The highest BCUT2D eigenvalue weighted by atomic mass is 16.3. The first-order valence-corrected chi connectivity index (χ1v) is 25.0. The molecule has 0 aliphatic rings. The topological polar surface area (TPSA) is 57.0 Å². The van der Waals surface area contributed by atoms with Crippen molar-refractivity contribution in [3.63, 3.8) is 0 Å². The summed E-state index contributed by atoms with van der Waals surface area (Å²) >= 11 is 0. The molecule has 73 heavy (non-hydrogen) atoms. The van der Waals surface area contributed by atoms with Crippen LogP contribution in [0.1, 0.15) is 13.8 Å². The first-order valence-electron chi connectivity index (χ1n) is 25.0. The maximum Gasteiger partial charge on any atom is 0.160 e. The van der Waals surface area contributed by atoms with Gasteiger partial charge in [0.2, 0.25) is 0 Å². The van der Waals surface area contributed by atoms with E-state index in [1.165, 1.54) is 32.3 Å². The number of para-hydroxylation sites is 4. The van der Waals surface area contributed by atoms with Gasteiger partial charge in [-0.1, -0.05) is 202 Å². The molecule has 15 aromatic rings. The van der Waals surface area contributed by atoms with Crippen LogP contribution in [-0.4, -0.2) is 14.5 Å². The number of nitrogens with zero attached hydrogens (tertiary/aromatic N) is 3. The molecule has 344 valence electrons. The van der Waals surface area contributed by atoms with E-state index < -0.39 is 0 Å². The zero-order chi connectivity index (χ0) is 48.6. The minimum absolute atomic E-state index is 0.656. The molecule has 0 saturated carbocycles. The molecule has 0 N–H and O–H groups in total. The SMILES string of the molecule is CC.c1ccc(-c2nc(-c3cccc(-n4c5c(-c6cccc(-c7cccc8c7oc7ccccc78)c6)cccc5c5c6ccccc6c6ccccc6c54)c3)cc(-c3ccc4c(c3)oc3ccccc34)n2)cc1. The second-order valence-electron chi connectivity index (χ2n) is 18.4. The molecule has 0 amide bonds. The number of hydrogen-bond acceptors (Lipinski definition) is 4. The van der Waals surface area contributed by atoms with Gasteiger partial charge in [-0.15, -0.1) is 0 Å². The number of fused-ring (bicyclic) bond motifs is 14. The summed E-state index contributed by atoms with van der Waals surface area (Å²) in [4.78, 5) is 10.5. The number of benzene rings is 11. The Kier molecular flexibility index (Phi) is 9.90. The first kappa shape index (κ1) is 42.3. The highest BCUT2D eigenvalue weighted by molar-refractivity contribution is 6.33. The maximum atomic E-state index is 6.58. The third-order valence-electron chi connectivity index (χ3n) is 14.4. The van der Waals surface area contributed by atoms with E-state index >= 15 is 0 Å². The van der Waals surface area contributed by atoms with Gasteiger partial charge in [0.25, 0.3) is 0 Å². The second-order valence-corrected chi connectivity index (χ2v) is 18.4. The van der Waals surface area contributed by atoms with Crippen LogP contribution in [0, 0.1) is 0 Å². The van der Waals surface area contributed by atoms with Gasteiger partial charge in [0, 0.05) is 71.2 Å². The third-order valence-corrected chi connectivity index (χ3v) is 14.4. The summed E-state index contributed by atoms with van der Waals surface area (Å²) in [5.74, 6) is 0.656. The number of furan rings is 2. The van der Waals surface area contributed by atoms with Crippen molar-refractivity contribution in [1.82, 2.24) is 14.5 Å². The fourth-order valence-electron chi connectivity index (χ4n) is 11.2. The fraction of sp³-hybridized carbons (Fsp3) is 0.0294. The van der Waals surface area contributed by atoms with Gasteiger partial charge in [-0.2, -0.15) is 0 Å². The van der Waals surface area contributed by atoms with Crippen LogP contribution in [0.25, 0.3) is 149 Å². The highest BCUT2D eigenvalue weighted by Gasteiger charge is 2.23. The lowest BCUT2D eigenvalue weighted by atomic mass is 9.95. The van der Waals surface area contributed by atoms with Crippen molar-refractivity contribution in [2.24, 2.45) is 0 Å². The fourth-order valence-corrected chi connectivity index (χ4v) is 11.2. The van der Waals surface area contributed by atoms with E-state index in [0.29, 0.717) is 5.82 Å². The van der Waals surface area contributed by atoms with Crippen LogP contribution in [0.5, 0.6) is 0 Å². The Labute approximate surface area is 420 Å². The molecule has 0 spiro atoms. The summed E-state index contributed by atoms with van der Waals surface area (Å²) in [6, 6.07) is 83.9. The van der Waals surface area contributed by atoms with Gasteiger partial charge in [0.05, 0.1) is 22.4 Å². The Bertz CT molecular complexity index is 4650. The van der Waals surface area contributed by atoms with Crippen molar-refractivity contribution in [2.45, 2.75) is 13.8 Å². The van der Waals surface area contributed by atoms with Crippen LogP contribution in [0.2, 0.25) is 0 Å². The molecule has 0 fully saturated rings. The molecule has 0 aliphatic heterocycles. The normalized spacial score (nSPS) is 11.7. The van der Waals surface area contributed by atoms with Crippen molar-refractivity contribution >= 4 is 87.2 Å². The van der Waals surface area contributed by atoms with Crippen LogP contribution in [0.3, 0.4) is 0 Å².